The van der Waals surface area contributed by atoms with Crippen LogP contribution in [0, 0.1) is 5.92 Å². The molecule has 0 unspecified atom stereocenters. The Kier molecular flexibility index (Phi) is 6.11. The monoisotopic (exact) mass is 372 g/mol. The molecule has 1 aromatic carbocycles. The summed E-state index contributed by atoms with van der Waals surface area (Å²) < 4.78 is 0. The van der Waals surface area contributed by atoms with Crippen molar-refractivity contribution in [3.63, 3.8) is 0 Å². The molecule has 2 aliphatic rings. The number of nitrogens with one attached hydrogen (secondary N) is 1. The first-order valence-electron chi connectivity index (χ1n) is 9.58. The molecule has 3 amide bonds. The highest BCUT2D eigenvalue weighted by Crippen LogP contribution is 2.20. The van der Waals surface area contributed by atoms with Gasteiger partial charge in [0.25, 0.3) is 5.91 Å². The minimum absolute atomic E-state index is 0.0173. The van der Waals surface area contributed by atoms with Crippen LogP contribution in [0.2, 0.25) is 0 Å². The molecule has 0 aliphatic carbocycles. The Morgan fingerprint density at radius 1 is 0.889 bits per heavy atom. The van der Waals surface area contributed by atoms with Gasteiger partial charge in [-0.2, -0.15) is 0 Å². The minimum Gasteiger partial charge on any atom is -0.343 e. The predicted molar refractivity (Wildman–Crippen MR) is 103 cm³/mol. The Hall–Kier alpha value is -2.41. The van der Waals surface area contributed by atoms with E-state index >= 15 is 0 Å². The third kappa shape index (κ3) is 4.86. The summed E-state index contributed by atoms with van der Waals surface area (Å²) in [5, 5.41) is 2.93. The number of nitrogens with zero attached hydrogens (tertiary/aromatic N) is 3. The van der Waals surface area contributed by atoms with Crippen LogP contribution >= 0.6 is 0 Å². The van der Waals surface area contributed by atoms with Crippen molar-refractivity contribution in [3.8, 4) is 0 Å². The molecule has 7 heteroatoms. The molecule has 146 valence electrons. The molecule has 2 saturated heterocycles. The van der Waals surface area contributed by atoms with Gasteiger partial charge in [-0.05, 0) is 44.2 Å². The number of amides is 3. The number of carbonyl (C=O) groups excluding carboxylic acids is 3. The number of piperidine rings is 1. The maximum Gasteiger partial charge on any atom is 0.253 e. The highest BCUT2D eigenvalue weighted by Gasteiger charge is 2.26. The van der Waals surface area contributed by atoms with Gasteiger partial charge in [-0.25, -0.2) is 0 Å². The van der Waals surface area contributed by atoms with Gasteiger partial charge in [-0.3, -0.25) is 14.4 Å². The van der Waals surface area contributed by atoms with E-state index in [1.807, 2.05) is 4.90 Å². The predicted octanol–water partition coefficient (Wildman–Crippen LogP) is 1.27. The van der Waals surface area contributed by atoms with E-state index in [9.17, 15) is 14.4 Å². The van der Waals surface area contributed by atoms with Crippen LogP contribution in [0.5, 0.6) is 0 Å². The van der Waals surface area contributed by atoms with Crippen molar-refractivity contribution in [1.82, 2.24) is 14.7 Å². The number of likely N-dealkylation sites (N-methyl/N-ethyl adjacent to an activating group) is 1. The highest BCUT2D eigenvalue weighted by molar-refractivity contribution is 5.96. The van der Waals surface area contributed by atoms with Crippen LogP contribution in [0.1, 0.15) is 30.1 Å². The Labute approximate surface area is 160 Å². The lowest BCUT2D eigenvalue weighted by Gasteiger charge is -2.32. The Bertz CT molecular complexity index is 688. The molecule has 2 fully saturated rings. The molecule has 7 nitrogen and oxygen atoms in total. The van der Waals surface area contributed by atoms with Crippen LogP contribution in [0.4, 0.5) is 5.69 Å². The molecule has 0 bridgehead atoms. The smallest absolute Gasteiger partial charge is 0.253 e. The molecule has 3 rings (SSSR count). The lowest BCUT2D eigenvalue weighted by molar-refractivity contribution is -0.132. The first-order chi connectivity index (χ1) is 12.9. The third-order valence-corrected chi connectivity index (χ3v) is 5.50. The van der Waals surface area contributed by atoms with Gasteiger partial charge in [0.1, 0.15) is 0 Å². The van der Waals surface area contributed by atoms with E-state index in [4.69, 9.17) is 0 Å². The van der Waals surface area contributed by atoms with Gasteiger partial charge in [0.05, 0.1) is 0 Å². The molecule has 27 heavy (non-hydrogen) atoms. The van der Waals surface area contributed by atoms with Gasteiger partial charge >= 0.3 is 0 Å². The largest absolute Gasteiger partial charge is 0.343 e. The lowest BCUT2D eigenvalue weighted by atomic mass is 9.96. The topological polar surface area (TPSA) is 73.0 Å². The van der Waals surface area contributed by atoms with E-state index in [2.05, 4.69) is 17.3 Å². The summed E-state index contributed by atoms with van der Waals surface area (Å²) in [7, 11) is 2.06. The van der Waals surface area contributed by atoms with Gasteiger partial charge in [-0.15, -0.1) is 0 Å². The first kappa shape index (κ1) is 19.4. The quantitative estimate of drug-likeness (QED) is 0.867. The number of piperazine rings is 1. The highest BCUT2D eigenvalue weighted by atomic mass is 16.2. The van der Waals surface area contributed by atoms with Crippen molar-refractivity contribution in [1.29, 1.82) is 0 Å². The molecule has 0 radical (unpaired) electrons. The average Bonchev–Trinajstić information content (AvgIpc) is 2.68. The molecule has 0 aromatic heterocycles. The van der Waals surface area contributed by atoms with E-state index in [1.54, 1.807) is 36.1 Å². The average molecular weight is 372 g/mol. The molecule has 0 spiro atoms. The van der Waals surface area contributed by atoms with E-state index in [0.717, 1.165) is 26.2 Å². The van der Waals surface area contributed by atoms with Crippen molar-refractivity contribution in [2.24, 2.45) is 5.92 Å². The fraction of sp³-hybridized carbons (Fsp3) is 0.550. The maximum absolute atomic E-state index is 12.6. The Morgan fingerprint density at radius 2 is 1.48 bits per heavy atom. The van der Waals surface area contributed by atoms with Crippen LogP contribution in [0.3, 0.4) is 0 Å². The van der Waals surface area contributed by atoms with E-state index < -0.39 is 0 Å². The van der Waals surface area contributed by atoms with Crippen LogP contribution in [0.25, 0.3) is 0 Å². The van der Waals surface area contributed by atoms with E-state index in [-0.39, 0.29) is 23.6 Å². The summed E-state index contributed by atoms with van der Waals surface area (Å²) in [6, 6.07) is 7.11. The lowest BCUT2D eigenvalue weighted by Crippen LogP contribution is -2.47. The second-order valence-corrected chi connectivity index (χ2v) is 7.44. The third-order valence-electron chi connectivity index (χ3n) is 5.50. The molecular formula is C20H28N4O3. The molecule has 1 aromatic rings. The minimum atomic E-state index is -0.0766. The van der Waals surface area contributed by atoms with Crippen LogP contribution in [0.15, 0.2) is 24.3 Å². The zero-order valence-corrected chi connectivity index (χ0v) is 16.1. The van der Waals surface area contributed by atoms with Gasteiger partial charge in [0, 0.05) is 63.4 Å². The molecule has 2 aliphatic heterocycles. The molecule has 2 heterocycles. The van der Waals surface area contributed by atoms with Gasteiger partial charge in [0.15, 0.2) is 0 Å². The SMILES string of the molecule is CC(=O)N1CCC(C(=O)Nc2ccc(C(=O)N3CCN(C)CC3)cc2)CC1. The number of likely N-dealkylation sites (tertiary alicyclic amines) is 1. The van der Waals surface area contributed by atoms with Crippen molar-refractivity contribution in [2.75, 3.05) is 51.6 Å². The summed E-state index contributed by atoms with van der Waals surface area (Å²) in [6.45, 7) is 6.09. The Balaban J connectivity index is 1.52. The van der Waals surface area contributed by atoms with Gasteiger partial charge in [0.2, 0.25) is 11.8 Å². The fourth-order valence-electron chi connectivity index (χ4n) is 3.59. The second kappa shape index (κ2) is 8.52. The van der Waals surface area contributed by atoms with Crippen LogP contribution < -0.4 is 5.32 Å². The van der Waals surface area contributed by atoms with Crippen LogP contribution in [-0.2, 0) is 9.59 Å². The van der Waals surface area contributed by atoms with Crippen molar-refractivity contribution >= 4 is 23.4 Å². The summed E-state index contributed by atoms with van der Waals surface area (Å²) in [5.41, 5.74) is 1.34. The zero-order valence-electron chi connectivity index (χ0n) is 16.1. The van der Waals surface area contributed by atoms with Crippen molar-refractivity contribution in [2.45, 2.75) is 19.8 Å². The summed E-state index contributed by atoms with van der Waals surface area (Å²) >= 11 is 0. The number of carbonyl (C=O) groups is 3. The normalized spacial score (nSPS) is 19.0. The molecular weight excluding hydrogens is 344 g/mol. The number of hydrogen-bond donors (Lipinski definition) is 1. The van der Waals surface area contributed by atoms with Crippen molar-refractivity contribution in [3.05, 3.63) is 29.8 Å². The molecule has 0 saturated carbocycles. The summed E-state index contributed by atoms with van der Waals surface area (Å²) in [6.07, 6.45) is 1.37. The standard InChI is InChI=1S/C20H28N4O3/c1-15(25)23-9-7-16(8-10-23)19(26)21-18-5-3-17(4-6-18)20(27)24-13-11-22(2)12-14-24/h3-6,16H,7-14H2,1-2H3,(H,21,26). The number of anilines is 1. The number of hydrogen-bond acceptors (Lipinski definition) is 4. The maximum atomic E-state index is 12.6. The van der Waals surface area contributed by atoms with E-state index in [1.165, 1.54) is 0 Å². The summed E-state index contributed by atoms with van der Waals surface area (Å²) in [4.78, 5) is 42.2. The van der Waals surface area contributed by atoms with E-state index in [0.29, 0.717) is 37.2 Å². The van der Waals surface area contributed by atoms with Crippen molar-refractivity contribution < 1.29 is 14.4 Å². The number of benzene rings is 1. The molecule has 1 N–H and O–H groups in total. The van der Waals surface area contributed by atoms with Gasteiger partial charge in [-0.1, -0.05) is 0 Å². The fourth-order valence-corrected chi connectivity index (χ4v) is 3.59. The second-order valence-electron chi connectivity index (χ2n) is 7.44. The van der Waals surface area contributed by atoms with Gasteiger partial charge < -0.3 is 20.0 Å². The number of rotatable bonds is 3. The van der Waals surface area contributed by atoms with Crippen LogP contribution in [-0.4, -0.2) is 78.7 Å². The Morgan fingerprint density at radius 3 is 2.04 bits per heavy atom. The first-order valence-corrected chi connectivity index (χ1v) is 9.58. The zero-order chi connectivity index (χ0) is 19.4. The molecule has 0 atom stereocenters. The summed E-state index contributed by atoms with van der Waals surface area (Å²) in [5.74, 6) is 0.00985.